The van der Waals surface area contributed by atoms with E-state index >= 15 is 0 Å². The van der Waals surface area contributed by atoms with Gasteiger partial charge in [-0.2, -0.15) is 0 Å². The van der Waals surface area contributed by atoms with Crippen LogP contribution < -0.4 is 44.3 Å². The fourth-order valence-corrected chi connectivity index (χ4v) is 2.30. The molecule has 0 aliphatic carbocycles. The van der Waals surface area contributed by atoms with E-state index < -0.39 is 22.1 Å². The van der Waals surface area contributed by atoms with Crippen molar-refractivity contribution >= 4 is 21.5 Å². The Balaban J connectivity index is 0.00000144. The van der Waals surface area contributed by atoms with E-state index in [0.717, 1.165) is 0 Å². The zero-order valence-corrected chi connectivity index (χ0v) is 12.8. The first-order chi connectivity index (χ1) is 7.54. The van der Waals surface area contributed by atoms with Crippen molar-refractivity contribution < 1.29 is 52.0 Å². The number of hydrogen-bond acceptors (Lipinski definition) is 7. The molecular formula is C8H10NNaO5S2. The molecule has 0 saturated heterocycles. The minimum Gasteiger partial charge on any atom is -0.748 e. The van der Waals surface area contributed by atoms with E-state index in [-0.39, 0.29) is 36.1 Å². The molecule has 9 heteroatoms. The van der Waals surface area contributed by atoms with Gasteiger partial charge in [-0.1, -0.05) is 0 Å². The Labute approximate surface area is 125 Å². The summed E-state index contributed by atoms with van der Waals surface area (Å²) in [6, 6.07) is 0. The molecule has 0 bridgehead atoms. The van der Waals surface area contributed by atoms with Gasteiger partial charge in [-0.3, -0.25) is 5.32 Å². The van der Waals surface area contributed by atoms with E-state index in [1.165, 1.54) is 11.3 Å². The van der Waals surface area contributed by atoms with Crippen LogP contribution in [-0.2, 0) is 10.1 Å². The maximum Gasteiger partial charge on any atom is 1.00 e. The molecule has 2 heterocycles. The molecule has 2 rings (SSSR count). The summed E-state index contributed by atoms with van der Waals surface area (Å²) in [5.74, 6) is 0.877. The number of hydrogen-bond donors (Lipinski definition) is 1. The van der Waals surface area contributed by atoms with Crippen molar-refractivity contribution in [3.8, 4) is 11.5 Å². The van der Waals surface area contributed by atoms with Crippen molar-refractivity contribution in [1.82, 2.24) is 5.32 Å². The van der Waals surface area contributed by atoms with Crippen LogP contribution >= 0.6 is 11.3 Å². The minimum atomic E-state index is -4.18. The molecule has 0 fully saturated rings. The summed E-state index contributed by atoms with van der Waals surface area (Å²) in [6.45, 7) is 0.349. The van der Waals surface area contributed by atoms with Gasteiger partial charge in [0.15, 0.2) is 17.7 Å². The van der Waals surface area contributed by atoms with Crippen molar-refractivity contribution in [3.63, 3.8) is 0 Å². The number of thiophene rings is 1. The smallest absolute Gasteiger partial charge is 0.748 e. The van der Waals surface area contributed by atoms with Crippen LogP contribution in [0.15, 0.2) is 10.8 Å². The monoisotopic (exact) mass is 287 g/mol. The van der Waals surface area contributed by atoms with Gasteiger partial charge >= 0.3 is 29.6 Å². The first kappa shape index (κ1) is 15.2. The van der Waals surface area contributed by atoms with E-state index in [4.69, 9.17) is 9.47 Å². The fourth-order valence-electron chi connectivity index (χ4n) is 1.26. The van der Waals surface area contributed by atoms with Gasteiger partial charge in [0.1, 0.15) is 6.61 Å². The van der Waals surface area contributed by atoms with Crippen LogP contribution in [0.25, 0.3) is 0 Å². The quantitative estimate of drug-likeness (QED) is 0.469. The van der Waals surface area contributed by atoms with Crippen LogP contribution in [0.2, 0.25) is 0 Å². The Bertz CT molecular complexity index is 460. The van der Waals surface area contributed by atoms with Crippen LogP contribution in [0.4, 0.5) is 0 Å². The molecule has 1 aromatic heterocycles. The first-order valence-electron chi connectivity index (χ1n) is 4.57. The van der Waals surface area contributed by atoms with Crippen LogP contribution in [0.1, 0.15) is 0 Å². The van der Waals surface area contributed by atoms with Crippen molar-refractivity contribution in [2.45, 2.75) is 6.23 Å². The third-order valence-electron chi connectivity index (χ3n) is 1.98. The van der Waals surface area contributed by atoms with E-state index in [1.807, 2.05) is 5.38 Å². The van der Waals surface area contributed by atoms with Crippen molar-refractivity contribution in [3.05, 3.63) is 10.8 Å². The second-order valence-electron chi connectivity index (χ2n) is 3.23. The van der Waals surface area contributed by atoms with Crippen LogP contribution in [0, 0.1) is 0 Å². The molecule has 0 saturated carbocycles. The normalized spacial score (nSPS) is 18.5. The van der Waals surface area contributed by atoms with Crippen molar-refractivity contribution in [2.75, 3.05) is 18.9 Å². The Morgan fingerprint density at radius 2 is 2.18 bits per heavy atom. The van der Waals surface area contributed by atoms with Gasteiger partial charge in [0.2, 0.25) is 0 Å². The Morgan fingerprint density at radius 1 is 1.47 bits per heavy atom. The first-order valence-corrected chi connectivity index (χ1v) is 7.09. The van der Waals surface area contributed by atoms with Crippen molar-refractivity contribution in [2.24, 2.45) is 0 Å². The fraction of sp³-hybridized carbons (Fsp3) is 0.500. The Kier molecular flexibility index (Phi) is 5.71. The summed E-state index contributed by atoms with van der Waals surface area (Å²) in [5.41, 5.74) is 0. The topological polar surface area (TPSA) is 87.7 Å². The summed E-state index contributed by atoms with van der Waals surface area (Å²) < 4.78 is 41.9. The van der Waals surface area contributed by atoms with Gasteiger partial charge in [0, 0.05) is 17.3 Å². The third kappa shape index (κ3) is 4.74. The molecule has 1 aliphatic rings. The molecule has 0 radical (unpaired) electrons. The van der Waals surface area contributed by atoms with E-state index in [2.05, 4.69) is 5.32 Å². The van der Waals surface area contributed by atoms with Crippen molar-refractivity contribution in [1.29, 1.82) is 0 Å². The van der Waals surface area contributed by atoms with E-state index in [1.54, 1.807) is 5.38 Å². The van der Waals surface area contributed by atoms with Gasteiger partial charge in [-0.25, -0.2) is 8.42 Å². The molecule has 17 heavy (non-hydrogen) atoms. The molecule has 1 atom stereocenters. The molecule has 0 spiro atoms. The van der Waals surface area contributed by atoms with Crippen LogP contribution in [-0.4, -0.2) is 38.1 Å². The van der Waals surface area contributed by atoms with E-state index in [9.17, 15) is 13.0 Å². The predicted octanol–water partition coefficient (Wildman–Crippen LogP) is -3.02. The van der Waals surface area contributed by atoms with Gasteiger partial charge in [0.05, 0.1) is 15.9 Å². The van der Waals surface area contributed by atoms with Gasteiger partial charge in [-0.05, 0) is 0 Å². The summed E-state index contributed by atoms with van der Waals surface area (Å²) in [6.07, 6.45) is -0.413. The largest absolute Gasteiger partial charge is 1.00 e. The molecule has 1 aromatic rings. The molecular weight excluding hydrogens is 277 g/mol. The Morgan fingerprint density at radius 3 is 2.88 bits per heavy atom. The third-order valence-corrected chi connectivity index (χ3v) is 3.38. The molecule has 6 nitrogen and oxygen atoms in total. The SMILES string of the molecule is O=S(=O)([O-])CCNC1COc2cscc2O1.[Na+]. The number of ether oxygens (including phenoxy) is 2. The molecule has 1 aliphatic heterocycles. The molecule has 0 amide bonds. The average molecular weight is 287 g/mol. The molecule has 0 aromatic carbocycles. The van der Waals surface area contributed by atoms with Gasteiger partial charge in [0.25, 0.3) is 0 Å². The summed E-state index contributed by atoms with van der Waals surface area (Å²) in [5, 5.41) is 6.41. The second kappa shape index (κ2) is 6.37. The summed E-state index contributed by atoms with van der Waals surface area (Å²) in [4.78, 5) is 0. The summed E-state index contributed by atoms with van der Waals surface area (Å²) in [7, 11) is -4.18. The van der Waals surface area contributed by atoms with Gasteiger partial charge in [-0.15, -0.1) is 11.3 Å². The second-order valence-corrected chi connectivity index (χ2v) is 5.50. The Hall–Kier alpha value is 0.170. The molecule has 1 unspecified atom stereocenters. The predicted molar refractivity (Wildman–Crippen MR) is 56.8 cm³/mol. The summed E-state index contributed by atoms with van der Waals surface area (Å²) >= 11 is 1.46. The van der Waals surface area contributed by atoms with Crippen LogP contribution in [0.3, 0.4) is 0 Å². The zero-order chi connectivity index (χ0) is 11.6. The van der Waals surface area contributed by atoms with Crippen LogP contribution in [0.5, 0.6) is 11.5 Å². The van der Waals surface area contributed by atoms with Gasteiger partial charge < -0.3 is 14.0 Å². The maximum absolute atomic E-state index is 10.4. The average Bonchev–Trinajstić information content (AvgIpc) is 2.62. The minimum absolute atomic E-state index is 0. The maximum atomic E-state index is 10.4. The standard InChI is InChI=1S/C8H11NO5S2.Na/c10-16(11,12)2-1-9-8-3-13-6-4-15-5-7(6)14-8;/h4-5,8-9H,1-3H2,(H,10,11,12);/q;+1/p-1. The number of fused-ring (bicyclic) bond motifs is 1. The molecule has 1 N–H and O–H groups in total. The number of nitrogens with one attached hydrogen (secondary N) is 1. The zero-order valence-electron chi connectivity index (χ0n) is 9.21. The number of rotatable bonds is 4. The van der Waals surface area contributed by atoms with E-state index in [0.29, 0.717) is 18.1 Å². The molecule has 90 valence electrons.